The molecule has 0 unspecified atom stereocenters. The van der Waals surface area contributed by atoms with E-state index in [1.54, 1.807) is 0 Å². The van der Waals surface area contributed by atoms with Crippen molar-refractivity contribution in [2.75, 3.05) is 0 Å². The third-order valence-corrected chi connectivity index (χ3v) is 2.58. The summed E-state index contributed by atoms with van der Waals surface area (Å²) in [5.74, 6) is -0.0886. The third-order valence-electron chi connectivity index (χ3n) is 2.29. The molecule has 2 rings (SSSR count). The molecule has 0 atom stereocenters. The summed E-state index contributed by atoms with van der Waals surface area (Å²) in [6.07, 6.45) is 2.86. The van der Waals surface area contributed by atoms with Gasteiger partial charge in [-0.15, -0.1) is 0 Å². The summed E-state index contributed by atoms with van der Waals surface area (Å²) >= 11 is 5.65. The van der Waals surface area contributed by atoms with Crippen molar-refractivity contribution in [3.8, 4) is 11.5 Å². The second-order valence-electron chi connectivity index (χ2n) is 3.54. The minimum Gasteiger partial charge on any atom is -0.455 e. The zero-order valence-corrected chi connectivity index (χ0v) is 10.3. The van der Waals surface area contributed by atoms with Crippen molar-refractivity contribution >= 4 is 17.4 Å². The first-order valence-corrected chi connectivity index (χ1v) is 5.54. The van der Waals surface area contributed by atoms with Crippen LogP contribution in [-0.2, 0) is 0 Å². The van der Waals surface area contributed by atoms with Gasteiger partial charge in [0.2, 0.25) is 0 Å². The molecule has 0 aliphatic carbocycles. The van der Waals surface area contributed by atoms with Crippen molar-refractivity contribution in [1.82, 2.24) is 4.98 Å². The zero-order valence-electron chi connectivity index (χ0n) is 9.55. The number of benzene rings is 1. The van der Waals surface area contributed by atoms with E-state index >= 15 is 0 Å². The van der Waals surface area contributed by atoms with Gasteiger partial charge in [-0.2, -0.15) is 0 Å². The first-order chi connectivity index (χ1) is 9.11. The van der Waals surface area contributed by atoms with Crippen molar-refractivity contribution in [3.05, 3.63) is 53.1 Å². The Hall–Kier alpha value is -2.34. The van der Waals surface area contributed by atoms with Crippen LogP contribution in [0.15, 0.2) is 41.8 Å². The van der Waals surface area contributed by atoms with Crippen LogP contribution in [0.25, 0.3) is 0 Å². The van der Waals surface area contributed by atoms with Crippen molar-refractivity contribution in [2.45, 2.75) is 0 Å². The highest BCUT2D eigenvalue weighted by molar-refractivity contribution is 6.30. The van der Waals surface area contributed by atoms with Crippen LogP contribution in [0.1, 0.15) is 5.56 Å². The quantitative estimate of drug-likeness (QED) is 0.392. The highest BCUT2D eigenvalue weighted by atomic mass is 35.5. The van der Waals surface area contributed by atoms with Crippen LogP contribution in [0.2, 0.25) is 5.02 Å². The Bertz CT molecular complexity index is 634. The van der Waals surface area contributed by atoms with Crippen molar-refractivity contribution in [2.24, 2.45) is 10.9 Å². The predicted molar refractivity (Wildman–Crippen MR) is 68.2 cm³/mol. The largest absolute Gasteiger partial charge is 0.455 e. The molecule has 0 fully saturated rings. The van der Waals surface area contributed by atoms with Gasteiger partial charge in [0, 0.05) is 12.3 Å². The maximum Gasteiger partial charge on any atom is 0.173 e. The van der Waals surface area contributed by atoms with Gasteiger partial charge in [-0.25, -0.2) is 4.39 Å². The molecule has 3 N–H and O–H groups in total. The Morgan fingerprint density at radius 2 is 2.21 bits per heavy atom. The molecular weight excluding hydrogens is 273 g/mol. The molecule has 2 aromatic rings. The topological polar surface area (TPSA) is 80.7 Å². The smallest absolute Gasteiger partial charge is 0.173 e. The molecule has 0 spiro atoms. The lowest BCUT2D eigenvalue weighted by Crippen LogP contribution is -2.14. The van der Waals surface area contributed by atoms with Crippen LogP contribution in [0.4, 0.5) is 4.39 Å². The van der Waals surface area contributed by atoms with Gasteiger partial charge in [0.25, 0.3) is 0 Å². The number of oxime groups is 1. The molecule has 0 saturated carbocycles. The minimum atomic E-state index is -0.545. The van der Waals surface area contributed by atoms with E-state index in [9.17, 15) is 4.39 Å². The van der Waals surface area contributed by atoms with E-state index in [0.717, 1.165) is 0 Å². The van der Waals surface area contributed by atoms with Crippen LogP contribution in [-0.4, -0.2) is 16.0 Å². The van der Waals surface area contributed by atoms with Crippen LogP contribution in [0.3, 0.4) is 0 Å². The maximum absolute atomic E-state index is 13.0. The van der Waals surface area contributed by atoms with Gasteiger partial charge in [-0.3, -0.25) is 4.98 Å². The first-order valence-electron chi connectivity index (χ1n) is 5.16. The second-order valence-corrected chi connectivity index (χ2v) is 3.94. The average molecular weight is 282 g/mol. The van der Waals surface area contributed by atoms with E-state index in [0.29, 0.717) is 11.3 Å². The number of rotatable bonds is 3. The number of pyridine rings is 1. The van der Waals surface area contributed by atoms with Crippen LogP contribution in [0, 0.1) is 5.82 Å². The normalized spacial score (nSPS) is 11.4. The molecule has 0 aliphatic heterocycles. The lowest BCUT2D eigenvalue weighted by Gasteiger charge is -2.09. The fourth-order valence-electron chi connectivity index (χ4n) is 1.39. The first kappa shape index (κ1) is 13.1. The number of hydrogen-bond acceptors (Lipinski definition) is 4. The molecule has 0 bridgehead atoms. The summed E-state index contributed by atoms with van der Waals surface area (Å²) in [5.41, 5.74) is 5.87. The molecule has 1 aromatic carbocycles. The van der Waals surface area contributed by atoms with Crippen LogP contribution < -0.4 is 10.5 Å². The number of nitrogens with zero attached hydrogens (tertiary/aromatic N) is 2. The molecule has 0 aliphatic rings. The number of ether oxygens (including phenoxy) is 1. The van der Waals surface area contributed by atoms with Crippen molar-refractivity contribution < 1.29 is 14.3 Å². The van der Waals surface area contributed by atoms with Gasteiger partial charge in [0.1, 0.15) is 11.6 Å². The zero-order chi connectivity index (χ0) is 13.8. The fraction of sp³-hybridized carbons (Fsp3) is 0. The van der Waals surface area contributed by atoms with Gasteiger partial charge < -0.3 is 15.7 Å². The van der Waals surface area contributed by atoms with Gasteiger partial charge in [-0.05, 0) is 18.2 Å². The highest BCUT2D eigenvalue weighted by Crippen LogP contribution is 2.27. The number of amidine groups is 1. The average Bonchev–Trinajstić information content (AvgIpc) is 2.43. The van der Waals surface area contributed by atoms with E-state index < -0.39 is 5.82 Å². The van der Waals surface area contributed by atoms with Gasteiger partial charge >= 0.3 is 0 Å². The van der Waals surface area contributed by atoms with Crippen molar-refractivity contribution in [1.29, 1.82) is 0 Å². The summed E-state index contributed by atoms with van der Waals surface area (Å²) in [6.45, 7) is 0. The number of aromatic nitrogens is 1. The lowest BCUT2D eigenvalue weighted by molar-refractivity contribution is 0.318. The Morgan fingerprint density at radius 1 is 1.42 bits per heavy atom. The standard InChI is InChI=1S/C12H9ClFN3O2/c13-9-5-7(1-2-10(9)14)19-11-6-16-4-3-8(11)12(15)17-18/h1-6,18H,(H2,15,17). The maximum atomic E-state index is 13.0. The Kier molecular flexibility index (Phi) is 3.82. The van der Waals surface area contributed by atoms with Gasteiger partial charge in [0.05, 0.1) is 16.8 Å². The molecule has 5 nitrogen and oxygen atoms in total. The summed E-state index contributed by atoms with van der Waals surface area (Å²) in [7, 11) is 0. The monoisotopic (exact) mass is 281 g/mol. The SMILES string of the molecule is N/C(=N/O)c1ccncc1Oc1ccc(F)c(Cl)c1. The molecule has 1 heterocycles. The number of halogens is 2. The summed E-state index contributed by atoms with van der Waals surface area (Å²) in [4.78, 5) is 3.87. The molecule has 0 saturated heterocycles. The molecule has 0 radical (unpaired) electrons. The van der Waals surface area contributed by atoms with E-state index in [-0.39, 0.29) is 16.6 Å². The van der Waals surface area contributed by atoms with E-state index in [2.05, 4.69) is 10.1 Å². The molecule has 7 heteroatoms. The molecule has 19 heavy (non-hydrogen) atoms. The predicted octanol–water partition coefficient (Wildman–Crippen LogP) is 2.76. The molecular formula is C12H9ClFN3O2. The van der Waals surface area contributed by atoms with Gasteiger partial charge in [0.15, 0.2) is 11.6 Å². The van der Waals surface area contributed by atoms with E-state index in [4.69, 9.17) is 27.3 Å². The van der Waals surface area contributed by atoms with Crippen molar-refractivity contribution in [3.63, 3.8) is 0 Å². The van der Waals surface area contributed by atoms with Crippen LogP contribution >= 0.6 is 11.6 Å². The lowest BCUT2D eigenvalue weighted by atomic mass is 10.2. The summed E-state index contributed by atoms with van der Waals surface area (Å²) in [5, 5.41) is 11.5. The highest BCUT2D eigenvalue weighted by Gasteiger charge is 2.10. The Labute approximate surface area is 113 Å². The molecule has 1 aromatic heterocycles. The fourth-order valence-corrected chi connectivity index (χ4v) is 1.56. The van der Waals surface area contributed by atoms with E-state index in [1.165, 1.54) is 36.7 Å². The molecule has 0 amide bonds. The minimum absolute atomic E-state index is 0.0632. The number of nitrogens with two attached hydrogens (primary N) is 1. The van der Waals surface area contributed by atoms with Gasteiger partial charge in [-0.1, -0.05) is 16.8 Å². The summed E-state index contributed by atoms with van der Waals surface area (Å²) < 4.78 is 18.5. The molecule has 98 valence electrons. The van der Waals surface area contributed by atoms with Crippen LogP contribution in [0.5, 0.6) is 11.5 Å². The third kappa shape index (κ3) is 2.92. The Morgan fingerprint density at radius 3 is 2.89 bits per heavy atom. The number of hydrogen-bond donors (Lipinski definition) is 2. The van der Waals surface area contributed by atoms with E-state index in [1.807, 2.05) is 0 Å². The second kappa shape index (κ2) is 5.53. The Balaban J connectivity index is 2.35. The summed E-state index contributed by atoms with van der Waals surface area (Å²) in [6, 6.07) is 5.43.